The van der Waals surface area contributed by atoms with E-state index in [1.807, 2.05) is 0 Å². The lowest BCUT2D eigenvalue weighted by Crippen LogP contribution is -2.31. The van der Waals surface area contributed by atoms with Gasteiger partial charge in [-0.05, 0) is 42.3 Å². The zero-order valence-electron chi connectivity index (χ0n) is 14.6. The van der Waals surface area contributed by atoms with Gasteiger partial charge in [0.15, 0.2) is 6.61 Å². The quantitative estimate of drug-likeness (QED) is 0.672. The van der Waals surface area contributed by atoms with E-state index in [9.17, 15) is 22.4 Å². The molecule has 0 spiro atoms. The van der Waals surface area contributed by atoms with Crippen LogP contribution in [-0.4, -0.2) is 31.8 Å². The largest absolute Gasteiger partial charge is 0.483 e. The van der Waals surface area contributed by atoms with Crippen molar-refractivity contribution in [1.82, 2.24) is 5.32 Å². The number of anilines is 1. The molecular weight excluding hydrogens is 378 g/mol. The summed E-state index contributed by atoms with van der Waals surface area (Å²) in [5, 5.41) is 14.5. The van der Waals surface area contributed by atoms with E-state index in [1.54, 1.807) is 18.2 Å². The molecule has 0 radical (unpaired) electrons. The zero-order valence-corrected chi connectivity index (χ0v) is 14.6. The number of carbonyl (C=O) groups excluding carboxylic acids is 1. The Morgan fingerprint density at radius 2 is 1.86 bits per heavy atom. The first kappa shape index (κ1) is 21.0. The fourth-order valence-electron chi connectivity index (χ4n) is 2.25. The maximum atomic E-state index is 12.8. The van der Waals surface area contributed by atoms with Gasteiger partial charge in [0, 0.05) is 12.2 Å². The van der Waals surface area contributed by atoms with E-state index in [0.717, 1.165) is 5.56 Å². The van der Waals surface area contributed by atoms with Crippen LogP contribution >= 0.6 is 0 Å². The molecule has 0 aliphatic heterocycles. The first-order valence-electron chi connectivity index (χ1n) is 8.25. The second-order valence-electron chi connectivity index (χ2n) is 5.81. The minimum Gasteiger partial charge on any atom is -0.483 e. The highest BCUT2D eigenvalue weighted by molar-refractivity contribution is 5.80. The normalized spacial score (nSPS) is 10.8. The Hall–Kier alpha value is -3.28. The molecule has 0 saturated carbocycles. The summed E-state index contributed by atoms with van der Waals surface area (Å²) < 4.78 is 54.1. The lowest BCUT2D eigenvalue weighted by molar-refractivity contribution is -0.153. The van der Waals surface area contributed by atoms with Gasteiger partial charge in [0.25, 0.3) is 0 Å². The van der Waals surface area contributed by atoms with Crippen LogP contribution in [-0.2, 0) is 11.2 Å². The minimum absolute atomic E-state index is 0.0778. The predicted molar refractivity (Wildman–Crippen MR) is 94.3 cm³/mol. The van der Waals surface area contributed by atoms with Crippen molar-refractivity contribution in [1.29, 1.82) is 5.26 Å². The molecule has 1 amide bonds. The summed E-state index contributed by atoms with van der Waals surface area (Å²) in [6.45, 7) is -1.22. The van der Waals surface area contributed by atoms with Gasteiger partial charge in [0.1, 0.15) is 17.6 Å². The summed E-state index contributed by atoms with van der Waals surface area (Å²) in [7, 11) is 0. The predicted octanol–water partition coefficient (Wildman–Crippen LogP) is 3.41. The molecule has 2 aromatic carbocycles. The van der Waals surface area contributed by atoms with Gasteiger partial charge in [0.2, 0.25) is 5.91 Å². The van der Waals surface area contributed by atoms with E-state index < -0.39 is 12.8 Å². The highest BCUT2D eigenvalue weighted by atomic mass is 19.4. The number of amides is 1. The van der Waals surface area contributed by atoms with Crippen LogP contribution in [0.3, 0.4) is 0 Å². The number of halogens is 4. The average Bonchev–Trinajstić information content (AvgIpc) is 2.66. The fourth-order valence-corrected chi connectivity index (χ4v) is 2.25. The van der Waals surface area contributed by atoms with Gasteiger partial charge in [0.05, 0.1) is 12.1 Å². The highest BCUT2D eigenvalue weighted by Crippen LogP contribution is 2.24. The number of ether oxygens (including phenoxy) is 1. The first-order chi connectivity index (χ1) is 13.3. The summed E-state index contributed by atoms with van der Waals surface area (Å²) in [6, 6.07) is 11.7. The third-order valence-electron chi connectivity index (χ3n) is 3.59. The lowest BCUT2D eigenvalue weighted by Gasteiger charge is -2.12. The van der Waals surface area contributed by atoms with Gasteiger partial charge in [-0.3, -0.25) is 4.79 Å². The van der Waals surface area contributed by atoms with E-state index in [4.69, 9.17) is 5.26 Å². The zero-order chi connectivity index (χ0) is 20.6. The van der Waals surface area contributed by atoms with E-state index in [-0.39, 0.29) is 29.6 Å². The summed E-state index contributed by atoms with van der Waals surface area (Å²) in [6.07, 6.45) is -3.97. The Bertz CT molecular complexity index is 846. The number of nitrogens with zero attached hydrogens (tertiary/aromatic N) is 1. The van der Waals surface area contributed by atoms with Crippen LogP contribution in [0, 0.1) is 17.1 Å². The van der Waals surface area contributed by atoms with Crippen LogP contribution < -0.4 is 15.4 Å². The van der Waals surface area contributed by atoms with Gasteiger partial charge < -0.3 is 15.4 Å². The lowest BCUT2D eigenvalue weighted by atomic mass is 10.1. The summed E-state index contributed by atoms with van der Waals surface area (Å²) in [5.41, 5.74) is 1.19. The molecule has 0 bridgehead atoms. The van der Waals surface area contributed by atoms with Gasteiger partial charge >= 0.3 is 6.18 Å². The molecule has 0 heterocycles. The van der Waals surface area contributed by atoms with Crippen molar-refractivity contribution >= 4 is 11.6 Å². The number of nitriles is 1. The number of carbonyl (C=O) groups is 1. The molecule has 0 saturated heterocycles. The molecule has 148 valence electrons. The topological polar surface area (TPSA) is 74.2 Å². The third kappa shape index (κ3) is 7.15. The Labute approximate surface area is 158 Å². The van der Waals surface area contributed by atoms with Gasteiger partial charge in [-0.2, -0.15) is 18.4 Å². The van der Waals surface area contributed by atoms with Crippen LogP contribution in [0.15, 0.2) is 42.5 Å². The Kier molecular flexibility index (Phi) is 7.21. The van der Waals surface area contributed by atoms with Crippen LogP contribution in [0.4, 0.5) is 23.2 Å². The molecule has 0 atom stereocenters. The molecule has 2 aromatic rings. The molecule has 0 fully saturated rings. The number of alkyl halides is 3. The number of nitrogens with one attached hydrogen (secondary N) is 2. The van der Waals surface area contributed by atoms with Gasteiger partial charge in [-0.25, -0.2) is 4.39 Å². The third-order valence-corrected chi connectivity index (χ3v) is 3.59. The maximum Gasteiger partial charge on any atom is 0.422 e. The van der Waals surface area contributed by atoms with Crippen LogP contribution in [0.2, 0.25) is 0 Å². The molecular formula is C19H17F4N3O2. The van der Waals surface area contributed by atoms with Crippen molar-refractivity contribution in [3.63, 3.8) is 0 Å². The molecule has 2 N–H and O–H groups in total. The summed E-state index contributed by atoms with van der Waals surface area (Å²) in [4.78, 5) is 11.8. The Morgan fingerprint density at radius 3 is 2.50 bits per heavy atom. The van der Waals surface area contributed by atoms with Crippen LogP contribution in [0.5, 0.6) is 5.75 Å². The molecule has 0 aromatic heterocycles. The molecule has 28 heavy (non-hydrogen) atoms. The van der Waals surface area contributed by atoms with Crippen molar-refractivity contribution in [2.24, 2.45) is 0 Å². The smallest absolute Gasteiger partial charge is 0.422 e. The van der Waals surface area contributed by atoms with Gasteiger partial charge in [-0.15, -0.1) is 0 Å². The van der Waals surface area contributed by atoms with Crippen LogP contribution in [0.1, 0.15) is 11.1 Å². The van der Waals surface area contributed by atoms with Crippen molar-refractivity contribution in [2.75, 3.05) is 25.0 Å². The standard InChI is InChI=1S/C19H17F4N3O2/c20-15-3-1-13(2-4-15)7-8-25-18(27)11-26-16-5-6-17(14(9-16)10-24)28-12-19(21,22)23/h1-6,9,26H,7-8,11-12H2,(H,25,27). The molecule has 5 nitrogen and oxygen atoms in total. The number of hydrogen-bond donors (Lipinski definition) is 2. The summed E-state index contributed by atoms with van der Waals surface area (Å²) in [5.74, 6) is -0.823. The van der Waals surface area contributed by atoms with Gasteiger partial charge in [-0.1, -0.05) is 12.1 Å². The molecule has 0 aliphatic rings. The van der Waals surface area contributed by atoms with E-state index >= 15 is 0 Å². The number of rotatable bonds is 8. The van der Waals surface area contributed by atoms with Crippen LogP contribution in [0.25, 0.3) is 0 Å². The Balaban J connectivity index is 1.80. The monoisotopic (exact) mass is 395 g/mol. The first-order valence-corrected chi connectivity index (χ1v) is 8.25. The maximum absolute atomic E-state index is 12.8. The van der Waals surface area contributed by atoms with E-state index in [1.165, 1.54) is 30.3 Å². The molecule has 2 rings (SSSR count). The van der Waals surface area contributed by atoms with Crippen molar-refractivity contribution in [3.05, 3.63) is 59.4 Å². The fraction of sp³-hybridized carbons (Fsp3) is 0.263. The SMILES string of the molecule is N#Cc1cc(NCC(=O)NCCc2ccc(F)cc2)ccc1OCC(F)(F)F. The number of benzene rings is 2. The molecule has 0 unspecified atom stereocenters. The minimum atomic E-state index is -4.50. The second kappa shape index (κ2) is 9.60. The Morgan fingerprint density at radius 1 is 1.14 bits per heavy atom. The van der Waals surface area contributed by atoms with Crippen molar-refractivity contribution in [2.45, 2.75) is 12.6 Å². The van der Waals surface area contributed by atoms with E-state index in [2.05, 4.69) is 15.4 Å². The number of hydrogen-bond acceptors (Lipinski definition) is 4. The molecule has 9 heteroatoms. The highest BCUT2D eigenvalue weighted by Gasteiger charge is 2.28. The average molecular weight is 395 g/mol. The van der Waals surface area contributed by atoms with E-state index in [0.29, 0.717) is 18.7 Å². The second-order valence-corrected chi connectivity index (χ2v) is 5.81. The van der Waals surface area contributed by atoms with Crippen molar-refractivity contribution in [3.8, 4) is 11.8 Å². The molecule has 0 aliphatic carbocycles. The van der Waals surface area contributed by atoms with Crippen molar-refractivity contribution < 1.29 is 27.1 Å². The summed E-state index contributed by atoms with van der Waals surface area (Å²) >= 11 is 0.